The Balaban J connectivity index is 1.69. The average Bonchev–Trinajstić information content (AvgIpc) is 2.78. The first-order valence-electron chi connectivity index (χ1n) is 9.41. The Kier molecular flexibility index (Phi) is 5.86. The Morgan fingerprint density at radius 3 is 2.47 bits per heavy atom. The van der Waals surface area contributed by atoms with Crippen LogP contribution in [0.4, 0.5) is 17.5 Å². The van der Waals surface area contributed by atoms with Crippen molar-refractivity contribution in [3.8, 4) is 11.5 Å². The zero-order valence-corrected chi connectivity index (χ0v) is 17.4. The molecule has 6 nitrogen and oxygen atoms in total. The summed E-state index contributed by atoms with van der Waals surface area (Å²) < 4.78 is 10.9. The summed E-state index contributed by atoms with van der Waals surface area (Å²) in [6, 6.07) is 21.1. The number of fused-ring (bicyclic) bond motifs is 1. The quantitative estimate of drug-likeness (QED) is 0.402. The molecule has 30 heavy (non-hydrogen) atoms. The van der Waals surface area contributed by atoms with Gasteiger partial charge >= 0.3 is 0 Å². The van der Waals surface area contributed by atoms with Crippen molar-refractivity contribution in [2.45, 2.75) is 6.54 Å². The van der Waals surface area contributed by atoms with Gasteiger partial charge in [0.2, 0.25) is 5.95 Å². The minimum absolute atomic E-state index is 0.441. The Bertz CT molecular complexity index is 1180. The zero-order chi connectivity index (χ0) is 20.9. The second kappa shape index (κ2) is 8.88. The number of nitrogens with zero attached hydrogens (tertiary/aromatic N) is 2. The average molecular weight is 421 g/mol. The van der Waals surface area contributed by atoms with E-state index in [9.17, 15) is 0 Å². The highest BCUT2D eigenvalue weighted by atomic mass is 35.5. The maximum Gasteiger partial charge on any atom is 0.229 e. The molecule has 4 aromatic rings. The molecule has 0 fully saturated rings. The van der Waals surface area contributed by atoms with E-state index in [1.807, 2.05) is 48.5 Å². The largest absolute Gasteiger partial charge is 0.496 e. The molecule has 0 saturated carbocycles. The monoisotopic (exact) mass is 420 g/mol. The van der Waals surface area contributed by atoms with Crippen LogP contribution in [0.25, 0.3) is 10.9 Å². The fraction of sp³-hybridized carbons (Fsp3) is 0.130. The molecule has 152 valence electrons. The molecule has 1 heterocycles. The van der Waals surface area contributed by atoms with E-state index in [1.165, 1.54) is 0 Å². The molecule has 0 aliphatic carbocycles. The molecule has 1 aromatic heterocycles. The van der Waals surface area contributed by atoms with Crippen LogP contribution in [-0.4, -0.2) is 24.2 Å². The van der Waals surface area contributed by atoms with Crippen molar-refractivity contribution < 1.29 is 9.47 Å². The lowest BCUT2D eigenvalue weighted by Crippen LogP contribution is -2.07. The fourth-order valence-corrected chi connectivity index (χ4v) is 3.37. The van der Waals surface area contributed by atoms with Crippen LogP contribution >= 0.6 is 11.6 Å². The van der Waals surface area contributed by atoms with Gasteiger partial charge in [0.05, 0.1) is 25.4 Å². The Morgan fingerprint density at radius 1 is 0.867 bits per heavy atom. The first kappa shape index (κ1) is 19.8. The Labute approximate surface area is 179 Å². The smallest absolute Gasteiger partial charge is 0.229 e. The SMILES string of the molecule is COc1ccccc1CNc1nc(Nc2cc(Cl)ccc2OC)nc2ccccc12. The van der Waals surface area contributed by atoms with Crippen LogP contribution in [0, 0.1) is 0 Å². The van der Waals surface area contributed by atoms with Crippen LogP contribution in [0.3, 0.4) is 0 Å². The summed E-state index contributed by atoms with van der Waals surface area (Å²) in [4.78, 5) is 9.34. The third kappa shape index (κ3) is 4.23. The highest BCUT2D eigenvalue weighted by Gasteiger charge is 2.11. The number of anilines is 3. The van der Waals surface area contributed by atoms with E-state index in [2.05, 4.69) is 15.6 Å². The standard InChI is InChI=1S/C23H21ClN4O2/c1-29-20-10-6-3-7-15(20)14-25-22-17-8-4-5-9-18(17)26-23(28-22)27-19-13-16(24)11-12-21(19)30-2/h3-13H,14H2,1-2H3,(H2,25,26,27,28). The van der Waals surface area contributed by atoms with Gasteiger partial charge < -0.3 is 20.1 Å². The molecule has 3 aromatic carbocycles. The number of methoxy groups -OCH3 is 2. The van der Waals surface area contributed by atoms with Crippen molar-refractivity contribution in [1.29, 1.82) is 0 Å². The highest BCUT2D eigenvalue weighted by molar-refractivity contribution is 6.31. The van der Waals surface area contributed by atoms with E-state index < -0.39 is 0 Å². The summed E-state index contributed by atoms with van der Waals surface area (Å²) in [6.07, 6.45) is 0. The lowest BCUT2D eigenvalue weighted by molar-refractivity contribution is 0.410. The van der Waals surface area contributed by atoms with Crippen molar-refractivity contribution in [3.05, 3.63) is 77.3 Å². The number of aromatic nitrogens is 2. The lowest BCUT2D eigenvalue weighted by Gasteiger charge is -2.14. The molecule has 0 aliphatic heterocycles. The number of benzene rings is 3. The number of para-hydroxylation sites is 2. The minimum Gasteiger partial charge on any atom is -0.496 e. The number of nitrogens with one attached hydrogen (secondary N) is 2. The van der Waals surface area contributed by atoms with Gasteiger partial charge in [-0.25, -0.2) is 4.98 Å². The molecule has 0 saturated heterocycles. The van der Waals surface area contributed by atoms with Gasteiger partial charge in [0.15, 0.2) is 0 Å². The van der Waals surface area contributed by atoms with Crippen molar-refractivity contribution in [2.75, 3.05) is 24.9 Å². The van der Waals surface area contributed by atoms with E-state index in [-0.39, 0.29) is 0 Å². The van der Waals surface area contributed by atoms with E-state index >= 15 is 0 Å². The molecule has 4 rings (SSSR count). The first-order chi connectivity index (χ1) is 14.7. The summed E-state index contributed by atoms with van der Waals surface area (Å²) in [5.41, 5.74) is 2.54. The van der Waals surface area contributed by atoms with Crippen LogP contribution in [0.5, 0.6) is 11.5 Å². The van der Waals surface area contributed by atoms with Gasteiger partial charge in [-0.1, -0.05) is 41.9 Å². The van der Waals surface area contributed by atoms with Gasteiger partial charge in [-0.05, 0) is 36.4 Å². The number of hydrogen-bond donors (Lipinski definition) is 2. The minimum atomic E-state index is 0.441. The molecule has 0 spiro atoms. The molecule has 0 unspecified atom stereocenters. The third-order valence-corrected chi connectivity index (χ3v) is 4.89. The Hall–Kier alpha value is -3.51. The highest BCUT2D eigenvalue weighted by Crippen LogP contribution is 2.31. The Morgan fingerprint density at radius 2 is 1.63 bits per heavy atom. The zero-order valence-electron chi connectivity index (χ0n) is 16.6. The van der Waals surface area contributed by atoms with Gasteiger partial charge in [0, 0.05) is 22.5 Å². The van der Waals surface area contributed by atoms with E-state index in [1.54, 1.807) is 32.4 Å². The molecule has 2 N–H and O–H groups in total. The van der Waals surface area contributed by atoms with E-state index in [0.29, 0.717) is 29.0 Å². The topological polar surface area (TPSA) is 68.3 Å². The normalized spacial score (nSPS) is 10.6. The van der Waals surface area contributed by atoms with E-state index in [0.717, 1.165) is 28.0 Å². The van der Waals surface area contributed by atoms with Gasteiger partial charge in [-0.2, -0.15) is 4.98 Å². The predicted molar refractivity (Wildman–Crippen MR) is 121 cm³/mol. The van der Waals surface area contributed by atoms with Gasteiger partial charge in [-0.15, -0.1) is 0 Å². The van der Waals surface area contributed by atoms with Gasteiger partial charge in [0.25, 0.3) is 0 Å². The third-order valence-electron chi connectivity index (χ3n) is 4.65. The second-order valence-corrected chi connectivity index (χ2v) is 6.98. The van der Waals surface area contributed by atoms with Crippen LogP contribution in [0.1, 0.15) is 5.56 Å². The van der Waals surface area contributed by atoms with Gasteiger partial charge in [0.1, 0.15) is 17.3 Å². The first-order valence-corrected chi connectivity index (χ1v) is 9.79. The number of ether oxygens (including phenoxy) is 2. The molecular weight excluding hydrogens is 400 g/mol. The summed E-state index contributed by atoms with van der Waals surface area (Å²) in [6.45, 7) is 0.560. The molecule has 0 atom stereocenters. The van der Waals surface area contributed by atoms with Crippen molar-refractivity contribution in [2.24, 2.45) is 0 Å². The molecular formula is C23H21ClN4O2. The maximum absolute atomic E-state index is 6.15. The lowest BCUT2D eigenvalue weighted by atomic mass is 10.2. The van der Waals surface area contributed by atoms with E-state index in [4.69, 9.17) is 26.1 Å². The number of rotatable bonds is 7. The van der Waals surface area contributed by atoms with Crippen molar-refractivity contribution >= 4 is 40.0 Å². The van der Waals surface area contributed by atoms with Gasteiger partial charge in [-0.3, -0.25) is 0 Å². The molecule has 0 bridgehead atoms. The molecule has 7 heteroatoms. The van der Waals surface area contributed by atoms with Crippen LogP contribution in [0.2, 0.25) is 5.02 Å². The number of hydrogen-bond acceptors (Lipinski definition) is 6. The second-order valence-electron chi connectivity index (χ2n) is 6.55. The van der Waals surface area contributed by atoms with Crippen LogP contribution in [0.15, 0.2) is 66.7 Å². The summed E-state index contributed by atoms with van der Waals surface area (Å²) in [5.74, 6) is 2.64. The molecule has 0 radical (unpaired) electrons. The summed E-state index contributed by atoms with van der Waals surface area (Å²) in [5, 5.41) is 8.16. The van der Waals surface area contributed by atoms with Crippen LogP contribution in [-0.2, 0) is 6.54 Å². The number of halogens is 1. The molecule has 0 aliphatic rings. The van der Waals surface area contributed by atoms with Crippen molar-refractivity contribution in [1.82, 2.24) is 9.97 Å². The maximum atomic E-state index is 6.15. The summed E-state index contributed by atoms with van der Waals surface area (Å²) in [7, 11) is 3.27. The summed E-state index contributed by atoms with van der Waals surface area (Å²) >= 11 is 6.15. The molecule has 0 amide bonds. The van der Waals surface area contributed by atoms with Crippen molar-refractivity contribution in [3.63, 3.8) is 0 Å². The fourth-order valence-electron chi connectivity index (χ4n) is 3.19. The predicted octanol–water partition coefficient (Wildman–Crippen LogP) is 5.66. The van der Waals surface area contributed by atoms with Crippen LogP contribution < -0.4 is 20.1 Å².